The lowest BCUT2D eigenvalue weighted by Gasteiger charge is -2.52. The standard InChI is InChI=1S/C30H37N7O2/c1-7-39-26-15-24(34-16-25(26)31-3)20(2)37-19-30(9-8-10-30)27-22(18-35(5)6)13-21(14-23(27)28(37)38)17-36-12-11-33-29(36)32-4/h11-16,20H,7-10,17-19H2,1-2,4-6H3,(H,32,33)/t20-/m0/s1. The van der Waals surface area contributed by atoms with Crippen molar-refractivity contribution >= 4 is 17.5 Å². The van der Waals surface area contributed by atoms with Gasteiger partial charge in [-0.05, 0) is 69.6 Å². The van der Waals surface area contributed by atoms with Crippen molar-refractivity contribution in [1.82, 2.24) is 24.3 Å². The molecule has 9 heteroatoms. The number of ether oxygens (including phenoxy) is 1. The summed E-state index contributed by atoms with van der Waals surface area (Å²) in [4.78, 5) is 31.0. The van der Waals surface area contributed by atoms with Crippen molar-refractivity contribution in [3.63, 3.8) is 0 Å². The Balaban J connectivity index is 1.58. The van der Waals surface area contributed by atoms with E-state index in [0.29, 0.717) is 31.1 Å². The maximum Gasteiger partial charge on any atom is 0.254 e. The first kappa shape index (κ1) is 26.7. The number of rotatable bonds is 9. The molecule has 2 aliphatic rings. The topological polar surface area (TPSA) is 79.9 Å². The van der Waals surface area contributed by atoms with E-state index in [1.165, 1.54) is 11.1 Å². The van der Waals surface area contributed by atoms with E-state index in [-0.39, 0.29) is 17.4 Å². The number of hydrogen-bond acceptors (Lipinski definition) is 6. The molecule has 1 aromatic carbocycles. The summed E-state index contributed by atoms with van der Waals surface area (Å²) in [6.07, 6.45) is 8.59. The molecule has 2 aromatic heterocycles. The maximum atomic E-state index is 14.3. The Morgan fingerprint density at radius 3 is 2.69 bits per heavy atom. The molecule has 1 N–H and O–H groups in total. The SMILES string of the molecule is [C-]#[N+]c1cnc([C@H](C)N2CC3(CCC3)c3c(CN(C)C)cc(Cn4ccnc4NC)cc3C2=O)cc1OCC. The number of carbonyl (C=O) groups excluding carboxylic acids is 1. The zero-order valence-electron chi connectivity index (χ0n) is 23.5. The van der Waals surface area contributed by atoms with Crippen LogP contribution in [0, 0.1) is 6.57 Å². The van der Waals surface area contributed by atoms with E-state index >= 15 is 0 Å². The van der Waals surface area contributed by atoms with Crippen molar-refractivity contribution in [2.45, 2.75) is 57.7 Å². The number of benzene rings is 1. The Kier molecular flexibility index (Phi) is 7.32. The van der Waals surface area contributed by atoms with Crippen molar-refractivity contribution in [3.8, 4) is 5.75 Å². The molecule has 1 spiro atoms. The molecule has 1 amide bonds. The van der Waals surface area contributed by atoms with Crippen molar-refractivity contribution in [2.24, 2.45) is 0 Å². The number of amides is 1. The molecule has 1 aliphatic heterocycles. The fraction of sp³-hybridized carbons (Fsp3) is 0.467. The van der Waals surface area contributed by atoms with Crippen molar-refractivity contribution in [2.75, 3.05) is 39.6 Å². The molecule has 0 saturated heterocycles. The van der Waals surface area contributed by atoms with E-state index in [0.717, 1.165) is 48.6 Å². The molecule has 39 heavy (non-hydrogen) atoms. The minimum absolute atomic E-state index is 0.0327. The molecule has 1 atom stereocenters. The number of imidazole rings is 1. The molecule has 0 radical (unpaired) electrons. The summed E-state index contributed by atoms with van der Waals surface area (Å²) in [6, 6.07) is 5.94. The Morgan fingerprint density at radius 2 is 2.05 bits per heavy atom. The Hall–Kier alpha value is -3.90. The van der Waals surface area contributed by atoms with Crippen LogP contribution in [0.1, 0.15) is 71.9 Å². The van der Waals surface area contributed by atoms with Crippen molar-refractivity contribution < 1.29 is 9.53 Å². The lowest BCUT2D eigenvalue weighted by atomic mass is 9.60. The molecule has 3 aromatic rings. The van der Waals surface area contributed by atoms with E-state index < -0.39 is 0 Å². The monoisotopic (exact) mass is 527 g/mol. The first-order chi connectivity index (χ1) is 18.8. The highest BCUT2D eigenvalue weighted by Crippen LogP contribution is 2.51. The van der Waals surface area contributed by atoms with Gasteiger partial charge in [-0.25, -0.2) is 9.83 Å². The molecule has 0 unspecified atom stereocenters. The van der Waals surface area contributed by atoms with Crippen molar-refractivity contribution in [3.05, 3.63) is 76.2 Å². The third kappa shape index (κ3) is 4.85. The van der Waals surface area contributed by atoms with E-state index in [2.05, 4.69) is 55.8 Å². The highest BCUT2D eigenvalue weighted by molar-refractivity contribution is 5.98. The van der Waals surface area contributed by atoms with Gasteiger partial charge in [-0.2, -0.15) is 0 Å². The zero-order chi connectivity index (χ0) is 27.7. The van der Waals surface area contributed by atoms with Crippen LogP contribution in [-0.2, 0) is 18.5 Å². The second kappa shape index (κ2) is 10.7. The van der Waals surface area contributed by atoms with Crippen LogP contribution in [0.15, 0.2) is 36.8 Å². The zero-order valence-corrected chi connectivity index (χ0v) is 23.5. The molecular formula is C30H37N7O2. The van der Waals surface area contributed by atoms with Crippen LogP contribution < -0.4 is 10.1 Å². The third-order valence-corrected chi connectivity index (χ3v) is 8.05. The Bertz CT molecular complexity index is 1420. The van der Waals surface area contributed by atoms with Gasteiger partial charge in [-0.15, -0.1) is 0 Å². The van der Waals surface area contributed by atoms with Crippen LogP contribution >= 0.6 is 0 Å². The van der Waals surface area contributed by atoms with E-state index in [1.807, 2.05) is 38.1 Å². The van der Waals surface area contributed by atoms with E-state index in [1.54, 1.807) is 12.4 Å². The Labute approximate surface area is 230 Å². The fourth-order valence-corrected chi connectivity index (χ4v) is 6.13. The van der Waals surface area contributed by atoms with Gasteiger partial charge in [-0.3, -0.25) is 9.78 Å². The quantitative estimate of drug-likeness (QED) is 0.394. The minimum Gasteiger partial charge on any atom is -0.505 e. The van der Waals surface area contributed by atoms with Crippen LogP contribution in [0.4, 0.5) is 11.6 Å². The summed E-state index contributed by atoms with van der Waals surface area (Å²) in [6.45, 7) is 13.9. The molecule has 1 aliphatic carbocycles. The average molecular weight is 528 g/mol. The van der Waals surface area contributed by atoms with E-state index in [9.17, 15) is 4.79 Å². The lowest BCUT2D eigenvalue weighted by Crippen LogP contribution is -2.54. The predicted octanol–water partition coefficient (Wildman–Crippen LogP) is 5.02. The van der Waals surface area contributed by atoms with E-state index in [4.69, 9.17) is 11.3 Å². The van der Waals surface area contributed by atoms with Crippen LogP contribution in [0.3, 0.4) is 0 Å². The van der Waals surface area contributed by atoms with Gasteiger partial charge in [-0.1, -0.05) is 12.5 Å². The van der Waals surface area contributed by atoms with Gasteiger partial charge in [0.15, 0.2) is 0 Å². The van der Waals surface area contributed by atoms with Gasteiger partial charge < -0.3 is 24.4 Å². The van der Waals surface area contributed by atoms with Gasteiger partial charge in [0.05, 0.1) is 31.5 Å². The van der Waals surface area contributed by atoms with Gasteiger partial charge in [0, 0.05) is 49.7 Å². The molecular weight excluding hydrogens is 490 g/mol. The number of carbonyl (C=O) groups is 1. The fourth-order valence-electron chi connectivity index (χ4n) is 6.13. The summed E-state index contributed by atoms with van der Waals surface area (Å²) in [5, 5.41) is 3.14. The number of hydrogen-bond donors (Lipinski definition) is 1. The smallest absolute Gasteiger partial charge is 0.254 e. The molecule has 0 bridgehead atoms. The summed E-state index contributed by atoms with van der Waals surface area (Å²) in [5.74, 6) is 1.34. The van der Waals surface area contributed by atoms with Crippen molar-refractivity contribution in [1.29, 1.82) is 0 Å². The summed E-state index contributed by atoms with van der Waals surface area (Å²) in [7, 11) is 6.02. The number of nitrogens with one attached hydrogen (secondary N) is 1. The highest BCUT2D eigenvalue weighted by Gasteiger charge is 2.49. The lowest BCUT2D eigenvalue weighted by molar-refractivity contribution is 0.0482. The second-order valence-electron chi connectivity index (χ2n) is 10.9. The second-order valence-corrected chi connectivity index (χ2v) is 10.9. The first-order valence-corrected chi connectivity index (χ1v) is 13.6. The number of nitrogens with zero attached hydrogens (tertiary/aromatic N) is 6. The summed E-state index contributed by atoms with van der Waals surface area (Å²) >= 11 is 0. The Morgan fingerprint density at radius 1 is 1.26 bits per heavy atom. The van der Waals surface area contributed by atoms with Gasteiger partial charge in [0.1, 0.15) is 5.75 Å². The summed E-state index contributed by atoms with van der Waals surface area (Å²) in [5.41, 5.74) is 5.41. The molecule has 3 heterocycles. The molecule has 204 valence electrons. The van der Waals surface area contributed by atoms with Gasteiger partial charge in [0.25, 0.3) is 5.91 Å². The summed E-state index contributed by atoms with van der Waals surface area (Å²) < 4.78 is 7.79. The van der Waals surface area contributed by atoms with Gasteiger partial charge in [0.2, 0.25) is 11.6 Å². The highest BCUT2D eigenvalue weighted by atomic mass is 16.5. The third-order valence-electron chi connectivity index (χ3n) is 8.05. The normalized spacial score (nSPS) is 16.5. The molecule has 1 saturated carbocycles. The largest absolute Gasteiger partial charge is 0.505 e. The number of fused-ring (bicyclic) bond motifs is 2. The van der Waals surface area contributed by atoms with Crippen LogP contribution in [-0.4, -0.2) is 64.5 Å². The van der Waals surface area contributed by atoms with Crippen LogP contribution in [0.2, 0.25) is 0 Å². The first-order valence-electron chi connectivity index (χ1n) is 13.6. The van der Waals surface area contributed by atoms with Gasteiger partial charge >= 0.3 is 0 Å². The molecule has 9 nitrogen and oxygen atoms in total. The molecule has 5 rings (SSSR count). The average Bonchev–Trinajstić information content (AvgIpc) is 3.34. The number of anilines is 1. The van der Waals surface area contributed by atoms with Crippen LogP contribution in [0.25, 0.3) is 4.85 Å². The molecule has 1 fully saturated rings. The maximum absolute atomic E-state index is 14.3. The number of pyridine rings is 1. The predicted molar refractivity (Wildman–Crippen MR) is 151 cm³/mol. The van der Waals surface area contributed by atoms with Crippen LogP contribution in [0.5, 0.6) is 5.75 Å². The number of aromatic nitrogens is 3. The minimum atomic E-state index is -0.257.